The van der Waals surface area contributed by atoms with Gasteiger partial charge in [0.15, 0.2) is 0 Å². The van der Waals surface area contributed by atoms with Crippen LogP contribution in [0.3, 0.4) is 0 Å². The maximum absolute atomic E-state index is 8.64. The highest BCUT2D eigenvalue weighted by Gasteiger charge is 2.19. The minimum Gasteiger partial charge on any atom is -0.291 e. The molecule has 18 heavy (non-hydrogen) atoms. The van der Waals surface area contributed by atoms with E-state index in [1.165, 1.54) is 24.0 Å². The molecule has 0 N–H and O–H groups in total. The normalized spacial score (nSPS) is 16.6. The van der Waals surface area contributed by atoms with E-state index >= 15 is 0 Å². The smallest absolute Gasteiger partial charge is 0.0865 e. The first-order chi connectivity index (χ1) is 8.79. The van der Waals surface area contributed by atoms with Crippen molar-refractivity contribution < 1.29 is 0 Å². The second-order valence-corrected chi connectivity index (χ2v) is 4.62. The Kier molecular flexibility index (Phi) is 6.46. The summed E-state index contributed by atoms with van der Waals surface area (Å²) in [5.74, 6) is 0.690. The van der Waals surface area contributed by atoms with Crippen molar-refractivity contribution in [1.29, 1.82) is 5.26 Å². The van der Waals surface area contributed by atoms with Crippen molar-refractivity contribution in [3.8, 4) is 6.07 Å². The Labute approximate surface area is 111 Å². The molecule has 0 aromatic heterocycles. The molecule has 0 aliphatic carbocycles. The molecule has 0 saturated carbocycles. The molecular weight excluding hydrogens is 220 g/mol. The monoisotopic (exact) mass is 244 g/mol. The van der Waals surface area contributed by atoms with Crippen LogP contribution < -0.4 is 0 Å². The standard InChI is InChI=1S/C14H18N2.C2H6/c1-12-2-4-13(5-3-12)14-6-9-16(10-7-14)11-8-15;1-2/h2-5,14H,6-7,9-11H2,1H3;1-2H3. The van der Waals surface area contributed by atoms with Gasteiger partial charge in [0.1, 0.15) is 0 Å². The molecule has 1 saturated heterocycles. The third-order valence-electron chi connectivity index (χ3n) is 3.43. The summed E-state index contributed by atoms with van der Waals surface area (Å²) in [6.45, 7) is 8.83. The maximum Gasteiger partial charge on any atom is 0.0865 e. The highest BCUT2D eigenvalue weighted by Crippen LogP contribution is 2.27. The van der Waals surface area contributed by atoms with Crippen LogP contribution in [0.4, 0.5) is 0 Å². The lowest BCUT2D eigenvalue weighted by atomic mass is 9.89. The van der Waals surface area contributed by atoms with Gasteiger partial charge in [-0.1, -0.05) is 43.7 Å². The lowest BCUT2D eigenvalue weighted by Gasteiger charge is -2.30. The van der Waals surface area contributed by atoms with Crippen LogP contribution in [0.15, 0.2) is 24.3 Å². The zero-order valence-electron chi connectivity index (χ0n) is 11.8. The first-order valence-corrected chi connectivity index (χ1v) is 6.95. The van der Waals surface area contributed by atoms with Crippen molar-refractivity contribution in [2.75, 3.05) is 19.6 Å². The summed E-state index contributed by atoms with van der Waals surface area (Å²) in [5.41, 5.74) is 2.79. The highest BCUT2D eigenvalue weighted by atomic mass is 15.1. The molecule has 2 heteroatoms. The molecule has 1 aliphatic rings. The van der Waals surface area contributed by atoms with Crippen LogP contribution in [0.2, 0.25) is 0 Å². The van der Waals surface area contributed by atoms with Crippen molar-refractivity contribution in [3.63, 3.8) is 0 Å². The summed E-state index contributed by atoms with van der Waals surface area (Å²) in [6, 6.07) is 11.1. The van der Waals surface area contributed by atoms with E-state index in [2.05, 4.69) is 42.2 Å². The van der Waals surface area contributed by atoms with E-state index in [9.17, 15) is 0 Å². The minimum atomic E-state index is 0.584. The Morgan fingerprint density at radius 3 is 2.22 bits per heavy atom. The molecule has 1 aromatic carbocycles. The summed E-state index contributed by atoms with van der Waals surface area (Å²) in [7, 11) is 0. The molecule has 2 rings (SSSR count). The molecule has 1 aliphatic heterocycles. The summed E-state index contributed by atoms with van der Waals surface area (Å²) in [6.07, 6.45) is 2.37. The lowest BCUT2D eigenvalue weighted by Crippen LogP contribution is -2.33. The fourth-order valence-electron chi connectivity index (χ4n) is 2.36. The summed E-state index contributed by atoms with van der Waals surface area (Å²) >= 11 is 0. The summed E-state index contributed by atoms with van der Waals surface area (Å²) in [5, 5.41) is 8.64. The largest absolute Gasteiger partial charge is 0.291 e. The van der Waals surface area contributed by atoms with E-state index < -0.39 is 0 Å². The second-order valence-electron chi connectivity index (χ2n) is 4.62. The van der Waals surface area contributed by atoms with Crippen molar-refractivity contribution in [2.24, 2.45) is 0 Å². The van der Waals surface area contributed by atoms with Gasteiger partial charge in [-0.15, -0.1) is 0 Å². The Morgan fingerprint density at radius 1 is 1.17 bits per heavy atom. The van der Waals surface area contributed by atoms with E-state index in [0.717, 1.165) is 13.1 Å². The van der Waals surface area contributed by atoms with Crippen molar-refractivity contribution in [2.45, 2.75) is 39.5 Å². The zero-order chi connectivity index (χ0) is 13.4. The second kappa shape index (κ2) is 7.89. The van der Waals surface area contributed by atoms with E-state index in [1.807, 2.05) is 13.8 Å². The first kappa shape index (κ1) is 14.7. The molecule has 0 spiro atoms. The number of benzene rings is 1. The van der Waals surface area contributed by atoms with Crippen LogP contribution in [0.25, 0.3) is 0 Å². The van der Waals surface area contributed by atoms with Gasteiger partial charge in [0.25, 0.3) is 0 Å². The molecule has 1 heterocycles. The number of hydrogen-bond acceptors (Lipinski definition) is 2. The van der Waals surface area contributed by atoms with Crippen LogP contribution in [-0.4, -0.2) is 24.5 Å². The molecule has 1 aromatic rings. The van der Waals surface area contributed by atoms with Crippen LogP contribution in [0, 0.1) is 18.3 Å². The predicted octanol–water partition coefficient (Wildman–Crippen LogP) is 3.72. The molecule has 0 atom stereocenters. The van der Waals surface area contributed by atoms with Gasteiger partial charge in [0.2, 0.25) is 0 Å². The van der Waals surface area contributed by atoms with Crippen LogP contribution in [-0.2, 0) is 0 Å². The fourth-order valence-corrected chi connectivity index (χ4v) is 2.36. The molecule has 2 nitrogen and oxygen atoms in total. The number of nitrogens with zero attached hydrogens (tertiary/aromatic N) is 2. The molecule has 0 radical (unpaired) electrons. The van der Waals surface area contributed by atoms with Crippen molar-refractivity contribution >= 4 is 0 Å². The molecule has 0 bridgehead atoms. The predicted molar refractivity (Wildman–Crippen MR) is 76.6 cm³/mol. The van der Waals surface area contributed by atoms with Gasteiger partial charge >= 0.3 is 0 Å². The van der Waals surface area contributed by atoms with Gasteiger partial charge in [-0.2, -0.15) is 5.26 Å². The number of nitriles is 1. The molecule has 98 valence electrons. The van der Waals surface area contributed by atoms with Gasteiger partial charge in [0.05, 0.1) is 12.6 Å². The van der Waals surface area contributed by atoms with Gasteiger partial charge in [-0.25, -0.2) is 0 Å². The van der Waals surface area contributed by atoms with Gasteiger partial charge in [-0.3, -0.25) is 4.90 Å². The van der Waals surface area contributed by atoms with Crippen molar-refractivity contribution in [3.05, 3.63) is 35.4 Å². The van der Waals surface area contributed by atoms with E-state index in [-0.39, 0.29) is 0 Å². The van der Waals surface area contributed by atoms with Gasteiger partial charge < -0.3 is 0 Å². The number of aryl methyl sites for hydroxylation is 1. The number of rotatable bonds is 2. The molecule has 1 fully saturated rings. The zero-order valence-corrected chi connectivity index (χ0v) is 11.8. The Bertz CT molecular complexity index is 367. The highest BCUT2D eigenvalue weighted by molar-refractivity contribution is 5.24. The van der Waals surface area contributed by atoms with E-state index in [4.69, 9.17) is 5.26 Å². The van der Waals surface area contributed by atoms with Crippen LogP contribution in [0.5, 0.6) is 0 Å². The Balaban J connectivity index is 0.000000771. The molecular formula is C16H24N2. The number of hydrogen-bond donors (Lipinski definition) is 0. The average molecular weight is 244 g/mol. The molecule has 0 unspecified atom stereocenters. The van der Waals surface area contributed by atoms with Crippen LogP contribution in [0.1, 0.15) is 43.7 Å². The van der Waals surface area contributed by atoms with E-state index in [1.54, 1.807) is 0 Å². The minimum absolute atomic E-state index is 0.584. The SMILES string of the molecule is CC.Cc1ccc(C2CCN(CC#N)CC2)cc1. The first-order valence-electron chi connectivity index (χ1n) is 6.95. The summed E-state index contributed by atoms with van der Waals surface area (Å²) in [4.78, 5) is 2.24. The number of piperidine rings is 1. The van der Waals surface area contributed by atoms with Gasteiger partial charge in [-0.05, 0) is 44.3 Å². The quantitative estimate of drug-likeness (QED) is 0.741. The summed E-state index contributed by atoms with van der Waals surface area (Å²) < 4.78 is 0. The maximum atomic E-state index is 8.64. The lowest BCUT2D eigenvalue weighted by molar-refractivity contribution is 0.235. The Hall–Kier alpha value is -1.33. The third kappa shape index (κ3) is 4.16. The van der Waals surface area contributed by atoms with Gasteiger partial charge in [0, 0.05) is 0 Å². The van der Waals surface area contributed by atoms with Crippen LogP contribution >= 0.6 is 0 Å². The molecule has 0 amide bonds. The number of likely N-dealkylation sites (tertiary alicyclic amines) is 1. The Morgan fingerprint density at radius 2 is 1.72 bits per heavy atom. The van der Waals surface area contributed by atoms with Crippen molar-refractivity contribution in [1.82, 2.24) is 4.90 Å². The third-order valence-corrected chi connectivity index (χ3v) is 3.43. The topological polar surface area (TPSA) is 27.0 Å². The van der Waals surface area contributed by atoms with E-state index in [0.29, 0.717) is 12.5 Å². The fraction of sp³-hybridized carbons (Fsp3) is 0.562. The average Bonchev–Trinajstić information content (AvgIpc) is 2.43.